The predicted octanol–water partition coefficient (Wildman–Crippen LogP) is 4.11. The van der Waals surface area contributed by atoms with Crippen molar-refractivity contribution in [3.05, 3.63) is 47.7 Å². The van der Waals surface area contributed by atoms with E-state index in [0.717, 1.165) is 0 Å². The van der Waals surface area contributed by atoms with Crippen molar-refractivity contribution in [2.75, 3.05) is 0 Å². The molecule has 0 spiro atoms. The molecular weight excluding hydrogens is 336 g/mol. The highest BCUT2D eigenvalue weighted by atomic mass is 79.9. The van der Waals surface area contributed by atoms with Crippen LogP contribution in [0.1, 0.15) is 12.0 Å². The minimum absolute atomic E-state index is 0.154. The van der Waals surface area contributed by atoms with Crippen molar-refractivity contribution in [2.45, 2.75) is 9.65 Å². The van der Waals surface area contributed by atoms with E-state index in [0.29, 0.717) is 17.6 Å². The molecule has 2 nitrogen and oxygen atoms in total. The maximum absolute atomic E-state index is 9.90. The van der Waals surface area contributed by atoms with E-state index in [-0.39, 0.29) is 11.5 Å². The molecule has 1 aliphatic rings. The Morgan fingerprint density at radius 3 is 2.44 bits per heavy atom. The van der Waals surface area contributed by atoms with Crippen molar-refractivity contribution < 1.29 is 10.2 Å². The van der Waals surface area contributed by atoms with Crippen molar-refractivity contribution in [2.24, 2.45) is 0 Å². The van der Waals surface area contributed by atoms with E-state index in [4.69, 9.17) is 0 Å². The molecule has 0 amide bonds. The third-order valence-corrected chi connectivity index (χ3v) is 3.50. The number of hydrogen-bond acceptors (Lipinski definition) is 2. The van der Waals surface area contributed by atoms with Crippen LogP contribution in [0.2, 0.25) is 0 Å². The summed E-state index contributed by atoms with van der Waals surface area (Å²) in [5, 5.41) is 19.6. The van der Waals surface area contributed by atoms with Gasteiger partial charge in [0.15, 0.2) is 0 Å². The van der Waals surface area contributed by atoms with Gasteiger partial charge in [0, 0.05) is 11.1 Å². The summed E-state index contributed by atoms with van der Waals surface area (Å²) >= 11 is 6.85. The second-order valence-corrected chi connectivity index (χ2v) is 7.52. The minimum atomic E-state index is -0.391. The van der Waals surface area contributed by atoms with Crippen molar-refractivity contribution in [3.63, 3.8) is 0 Å². The fourth-order valence-corrected chi connectivity index (χ4v) is 2.39. The molecule has 84 valence electrons. The van der Waals surface area contributed by atoms with E-state index >= 15 is 0 Å². The minimum Gasteiger partial charge on any atom is -0.508 e. The smallest absolute Gasteiger partial charge is 0.123 e. The number of allylic oxidation sites excluding steroid dienone is 3. The maximum atomic E-state index is 9.90. The van der Waals surface area contributed by atoms with E-state index in [2.05, 4.69) is 31.9 Å². The highest BCUT2D eigenvalue weighted by Gasteiger charge is 2.26. The fraction of sp³-hybridized carbons (Fsp3) is 0.167. The first-order valence-electron chi connectivity index (χ1n) is 4.78. The number of phenols is 1. The first kappa shape index (κ1) is 11.7. The first-order chi connectivity index (χ1) is 7.49. The average molecular weight is 346 g/mol. The number of benzene rings is 1. The lowest BCUT2D eigenvalue weighted by atomic mass is 9.97. The molecule has 1 aliphatic carbocycles. The molecule has 2 N–H and O–H groups in total. The van der Waals surface area contributed by atoms with Crippen molar-refractivity contribution in [1.82, 2.24) is 0 Å². The fourth-order valence-electron chi connectivity index (χ4n) is 1.63. The molecule has 0 unspecified atom stereocenters. The summed E-state index contributed by atoms with van der Waals surface area (Å²) in [4.78, 5) is 0. The molecule has 0 fully saturated rings. The molecule has 0 saturated heterocycles. The highest BCUT2D eigenvalue weighted by Crippen LogP contribution is 2.41. The molecule has 1 aromatic carbocycles. The van der Waals surface area contributed by atoms with Gasteiger partial charge in [-0.2, -0.15) is 0 Å². The van der Waals surface area contributed by atoms with Gasteiger partial charge in [-0.05, 0) is 18.6 Å². The van der Waals surface area contributed by atoms with E-state index in [9.17, 15) is 10.2 Å². The zero-order valence-electron chi connectivity index (χ0n) is 8.32. The molecule has 1 aromatic rings. The van der Waals surface area contributed by atoms with Crippen LogP contribution in [0.25, 0.3) is 5.57 Å². The zero-order chi connectivity index (χ0) is 11.8. The summed E-state index contributed by atoms with van der Waals surface area (Å²) in [6.07, 6.45) is 4.25. The third-order valence-electron chi connectivity index (χ3n) is 2.40. The van der Waals surface area contributed by atoms with Crippen LogP contribution in [0.3, 0.4) is 0 Å². The number of phenolic OH excluding ortho intramolecular Hbond substituents is 1. The summed E-state index contributed by atoms with van der Waals surface area (Å²) in [5.41, 5.74) is 1.30. The predicted molar refractivity (Wildman–Crippen MR) is 72.0 cm³/mol. The van der Waals surface area contributed by atoms with E-state index in [1.807, 2.05) is 12.1 Å². The van der Waals surface area contributed by atoms with Gasteiger partial charge in [0.2, 0.25) is 0 Å². The lowest BCUT2D eigenvalue weighted by molar-refractivity contribution is 0.430. The quantitative estimate of drug-likeness (QED) is 0.752. The second-order valence-electron chi connectivity index (χ2n) is 3.63. The molecule has 0 atom stereocenters. The molecule has 0 aromatic heterocycles. The van der Waals surface area contributed by atoms with Crippen LogP contribution in [-0.4, -0.2) is 13.4 Å². The maximum Gasteiger partial charge on any atom is 0.123 e. The number of halogens is 2. The lowest BCUT2D eigenvalue weighted by Gasteiger charge is -2.21. The molecule has 0 radical (unpaired) electrons. The second kappa shape index (κ2) is 4.26. The Morgan fingerprint density at radius 2 is 1.81 bits per heavy atom. The topological polar surface area (TPSA) is 40.5 Å². The summed E-state index contributed by atoms with van der Waals surface area (Å²) in [6.45, 7) is 0. The monoisotopic (exact) mass is 344 g/mol. The van der Waals surface area contributed by atoms with Crippen LogP contribution in [0.4, 0.5) is 0 Å². The van der Waals surface area contributed by atoms with Crippen LogP contribution >= 0.6 is 31.9 Å². The van der Waals surface area contributed by atoms with Crippen LogP contribution in [0.15, 0.2) is 42.2 Å². The zero-order valence-corrected chi connectivity index (χ0v) is 11.5. The highest BCUT2D eigenvalue weighted by molar-refractivity contribution is 9.25. The Balaban J connectivity index is 2.42. The molecule has 4 heteroatoms. The molecule has 16 heavy (non-hydrogen) atoms. The summed E-state index contributed by atoms with van der Waals surface area (Å²) < 4.78 is -0.391. The Labute approximate surface area is 111 Å². The van der Waals surface area contributed by atoms with Crippen molar-refractivity contribution in [3.8, 4) is 5.75 Å². The van der Waals surface area contributed by atoms with Crippen LogP contribution in [-0.2, 0) is 0 Å². The number of alkyl halides is 2. The van der Waals surface area contributed by atoms with Crippen molar-refractivity contribution >= 4 is 37.4 Å². The molecule has 0 aliphatic heterocycles. The van der Waals surface area contributed by atoms with Crippen molar-refractivity contribution in [1.29, 1.82) is 0 Å². The van der Waals surface area contributed by atoms with Crippen LogP contribution < -0.4 is 0 Å². The van der Waals surface area contributed by atoms with Crippen LogP contribution in [0, 0.1) is 0 Å². The Kier molecular flexibility index (Phi) is 3.13. The molecule has 2 rings (SSSR count). The molecule has 0 bridgehead atoms. The average Bonchev–Trinajstić information content (AvgIpc) is 2.18. The Bertz CT molecular complexity index is 476. The number of rotatable bonds is 1. The standard InChI is InChI=1S/C12H10Br2O2/c13-12(14)6-5-9(11(16)7-12)8-3-1-2-4-10(8)15/h1-5,7,15-16H,6H2. The summed E-state index contributed by atoms with van der Waals surface area (Å²) in [6, 6.07) is 6.96. The molecular formula is C12H10Br2O2. The first-order valence-corrected chi connectivity index (χ1v) is 6.37. The van der Waals surface area contributed by atoms with Gasteiger partial charge in [-0.3, -0.25) is 0 Å². The van der Waals surface area contributed by atoms with E-state index in [1.54, 1.807) is 24.3 Å². The van der Waals surface area contributed by atoms with Gasteiger partial charge in [-0.1, -0.05) is 56.1 Å². The largest absolute Gasteiger partial charge is 0.508 e. The number of aliphatic hydroxyl groups is 1. The van der Waals surface area contributed by atoms with Gasteiger partial charge in [-0.15, -0.1) is 0 Å². The summed E-state index contributed by atoms with van der Waals surface area (Å²) in [7, 11) is 0. The van der Waals surface area contributed by atoms with Gasteiger partial charge in [0.1, 0.15) is 14.7 Å². The van der Waals surface area contributed by atoms with E-state index in [1.165, 1.54) is 0 Å². The van der Waals surface area contributed by atoms with Gasteiger partial charge in [0.05, 0.1) is 0 Å². The molecule has 0 saturated carbocycles. The lowest BCUT2D eigenvalue weighted by Crippen LogP contribution is -2.12. The Morgan fingerprint density at radius 1 is 1.12 bits per heavy atom. The number of para-hydroxylation sites is 1. The van der Waals surface area contributed by atoms with Gasteiger partial charge in [0.25, 0.3) is 0 Å². The van der Waals surface area contributed by atoms with Gasteiger partial charge in [-0.25, -0.2) is 0 Å². The third kappa shape index (κ3) is 2.33. The number of hydrogen-bond donors (Lipinski definition) is 2. The van der Waals surface area contributed by atoms with Gasteiger partial charge < -0.3 is 10.2 Å². The number of aromatic hydroxyl groups is 1. The SMILES string of the molecule is OC1=CC(Br)(Br)CC=C1c1ccccc1O. The Hall–Kier alpha value is -0.740. The van der Waals surface area contributed by atoms with Gasteiger partial charge >= 0.3 is 0 Å². The summed E-state index contributed by atoms with van der Waals surface area (Å²) in [5.74, 6) is 0.326. The molecule has 0 heterocycles. The van der Waals surface area contributed by atoms with Crippen LogP contribution in [0.5, 0.6) is 5.75 Å². The van der Waals surface area contributed by atoms with E-state index < -0.39 is 3.23 Å². The normalized spacial score (nSPS) is 18.9. The number of aliphatic hydroxyl groups excluding tert-OH is 1.